The molecule has 0 saturated carbocycles. The third kappa shape index (κ3) is 13.4. The molecule has 3 atom stereocenters. The molecule has 33 heteroatoms. The first kappa shape index (κ1) is 61.0. The van der Waals surface area contributed by atoms with Crippen LogP contribution in [0.3, 0.4) is 0 Å². The maximum Gasteiger partial charge on any atom is 0.358 e. The molecule has 7 rings (SSSR count). The number of carbonyl (C=O) groups is 7. The molecule has 6 heterocycles. The number of thiazole rings is 4. The number of aromatic nitrogens is 6. The molecular formula is C49H49N13O15S5. The van der Waals surface area contributed by atoms with E-state index in [4.69, 9.17) is 35.6 Å². The fourth-order valence-electron chi connectivity index (χ4n) is 7.56. The van der Waals surface area contributed by atoms with Crippen LogP contribution in [0.1, 0.15) is 83.0 Å². The molecular weight excluding hydrogens is 1170 g/mol. The standard InChI is InChI=1S/C49H49N13O15S5/c1-19(39(50)66)53-42(69)29-17-81-48(58-29)37-32(65)10-23(45-57-30(16-78-45)43(70)60-34(20(2)64)44(71)61-35(21(3)76-6)47-56-27(15-80-47)40(51)67)36(59-37)26-14-79-46(55-26)25(54-41(68)28(52-4)18-82-74)13-77-49(72)38-24(12-75-5)33-22(11-63)8-7-9-31(33)62(38)73/h7-10,14-18,20,25,34,52,63-65,73-74H,1,11-13H2,2-6H3,(H2,50,66)(H2,51,67)(H,53,69)(H,54,68)(H,60,70)(H,61,71)/b28-18-,35-21+. The largest absolute Gasteiger partial charge is 0.506 e. The van der Waals surface area contributed by atoms with Crippen molar-refractivity contribution < 1.29 is 72.9 Å². The number of aliphatic hydroxyl groups is 2. The fourth-order valence-corrected chi connectivity index (χ4v) is 11.2. The van der Waals surface area contributed by atoms with Gasteiger partial charge in [-0.25, -0.2) is 29.7 Å². The molecule has 0 fully saturated rings. The van der Waals surface area contributed by atoms with Crippen molar-refractivity contribution in [3.8, 4) is 38.4 Å². The van der Waals surface area contributed by atoms with Crippen molar-refractivity contribution in [2.45, 2.75) is 45.2 Å². The number of aliphatic hydroxyl groups excluding tert-OH is 2. The zero-order valence-electron chi connectivity index (χ0n) is 43.5. The van der Waals surface area contributed by atoms with Crippen LogP contribution in [0.15, 0.2) is 74.9 Å². The quantitative estimate of drug-likeness (QED) is 0.0128. The molecule has 0 aliphatic rings. The summed E-state index contributed by atoms with van der Waals surface area (Å²) < 4.78 is 26.7. The molecule has 0 radical (unpaired) electrons. The van der Waals surface area contributed by atoms with Crippen LogP contribution in [0.5, 0.6) is 5.75 Å². The van der Waals surface area contributed by atoms with Crippen LogP contribution in [0, 0.1) is 0 Å². The number of pyridine rings is 1. The molecule has 28 nitrogen and oxygen atoms in total. The molecule has 430 valence electrons. The smallest absolute Gasteiger partial charge is 0.358 e. The van der Waals surface area contributed by atoms with Gasteiger partial charge in [-0.1, -0.05) is 18.7 Å². The van der Waals surface area contributed by atoms with E-state index in [0.717, 1.165) is 50.8 Å². The van der Waals surface area contributed by atoms with Crippen molar-refractivity contribution in [1.29, 1.82) is 0 Å². The van der Waals surface area contributed by atoms with Crippen LogP contribution in [0.4, 0.5) is 0 Å². The predicted octanol–water partition coefficient (Wildman–Crippen LogP) is 3.18. The van der Waals surface area contributed by atoms with Crippen molar-refractivity contribution in [3.63, 3.8) is 0 Å². The van der Waals surface area contributed by atoms with Gasteiger partial charge < -0.3 is 77.3 Å². The van der Waals surface area contributed by atoms with Gasteiger partial charge >= 0.3 is 5.97 Å². The number of carbonyl (C=O) groups excluding carboxylic acids is 7. The van der Waals surface area contributed by atoms with E-state index < -0.39 is 84.3 Å². The number of nitrogens with zero attached hydrogens (tertiary/aromatic N) is 6. The second-order valence-corrected chi connectivity index (χ2v) is 20.9. The molecule has 14 N–H and O–H groups in total. The minimum atomic E-state index is -1.61. The van der Waals surface area contributed by atoms with Gasteiger partial charge in [-0.2, -0.15) is 4.73 Å². The van der Waals surface area contributed by atoms with Crippen molar-refractivity contribution in [3.05, 3.63) is 119 Å². The number of nitrogens with two attached hydrogens (primary N) is 2. The van der Waals surface area contributed by atoms with Crippen molar-refractivity contribution in [1.82, 2.24) is 56.2 Å². The van der Waals surface area contributed by atoms with Crippen LogP contribution in [-0.2, 0) is 41.8 Å². The lowest BCUT2D eigenvalue weighted by Gasteiger charge is -2.21. The van der Waals surface area contributed by atoms with Gasteiger partial charge in [0.05, 0.1) is 37.6 Å². The lowest BCUT2D eigenvalue weighted by Crippen LogP contribution is -2.52. The zero-order chi connectivity index (χ0) is 59.7. The number of methoxy groups -OCH3 is 2. The lowest BCUT2D eigenvalue weighted by atomic mass is 10.1. The van der Waals surface area contributed by atoms with Crippen LogP contribution >= 0.6 is 57.4 Å². The van der Waals surface area contributed by atoms with Crippen molar-refractivity contribution in [2.75, 3.05) is 27.9 Å². The second kappa shape index (κ2) is 26.7. The summed E-state index contributed by atoms with van der Waals surface area (Å²) in [4.78, 5) is 114. The average Bonchev–Trinajstić information content (AvgIpc) is 3.90. The van der Waals surface area contributed by atoms with Crippen LogP contribution in [0.2, 0.25) is 0 Å². The summed E-state index contributed by atoms with van der Waals surface area (Å²) in [7, 11) is 4.12. The number of nitrogens with one attached hydrogen (secondary N) is 5. The molecule has 7 aromatic rings. The van der Waals surface area contributed by atoms with Gasteiger partial charge in [0.2, 0.25) is 5.91 Å². The maximum absolute atomic E-state index is 14.0. The van der Waals surface area contributed by atoms with E-state index in [1.807, 2.05) is 0 Å². The number of esters is 1. The second-order valence-electron chi connectivity index (χ2n) is 17.0. The number of allylic oxidation sites excluding steroid dienone is 1. The summed E-state index contributed by atoms with van der Waals surface area (Å²) in [5.74, 6) is -6.72. The molecule has 6 amide bonds. The Labute approximate surface area is 483 Å². The third-order valence-electron chi connectivity index (χ3n) is 11.6. The Morgan fingerprint density at radius 1 is 0.890 bits per heavy atom. The molecule has 6 aromatic heterocycles. The monoisotopic (exact) mass is 1220 g/mol. The Bertz CT molecular complexity index is 3710. The Hall–Kier alpha value is -8.67. The van der Waals surface area contributed by atoms with E-state index in [2.05, 4.69) is 48.1 Å². The Morgan fingerprint density at radius 3 is 2.22 bits per heavy atom. The zero-order valence-corrected chi connectivity index (χ0v) is 47.5. The molecule has 3 unspecified atom stereocenters. The number of hydrogen-bond donors (Lipinski definition) is 12. The lowest BCUT2D eigenvalue weighted by molar-refractivity contribution is -0.124. The SMILES string of the molecule is C=C(NC(=O)c1csc(-c2nc(-c3csc(C(COC(=O)c4c(COC)c5c(CO)cccc5n4O)NC(=O)/C(=C/SO)NC)n3)c(-c3nc(C(=O)NC(C(=O)N/C(=C(\C)OC)c4nc(C(N)=O)cs4)C(C)O)cs3)cc2O)n1)C(N)=O. The molecule has 0 aliphatic carbocycles. The van der Waals surface area contributed by atoms with E-state index in [1.165, 1.54) is 68.8 Å². The van der Waals surface area contributed by atoms with E-state index in [-0.39, 0.29) is 112 Å². The Morgan fingerprint density at radius 2 is 1.59 bits per heavy atom. The van der Waals surface area contributed by atoms with E-state index in [1.54, 1.807) is 12.1 Å². The molecule has 1 aromatic carbocycles. The summed E-state index contributed by atoms with van der Waals surface area (Å²) in [6, 6.07) is 3.03. The summed E-state index contributed by atoms with van der Waals surface area (Å²) in [5.41, 5.74) is 9.86. The van der Waals surface area contributed by atoms with Crippen LogP contribution in [-0.4, -0.2) is 136 Å². The number of hydrogen-bond acceptors (Lipinski definition) is 26. The number of ether oxygens (including phenoxy) is 3. The fraction of sp³-hybridized carbons (Fsp3) is 0.224. The van der Waals surface area contributed by atoms with Gasteiger partial charge in [-0.05, 0) is 31.5 Å². The van der Waals surface area contributed by atoms with Gasteiger partial charge in [0.1, 0.15) is 95.8 Å². The van der Waals surface area contributed by atoms with E-state index in [9.17, 15) is 58.6 Å². The van der Waals surface area contributed by atoms with E-state index >= 15 is 0 Å². The molecule has 0 spiro atoms. The normalized spacial score (nSPS) is 12.9. The number of benzene rings is 1. The topological polar surface area (TPSA) is 430 Å². The number of aromatic hydroxyl groups is 1. The van der Waals surface area contributed by atoms with Gasteiger partial charge in [-0.15, -0.1) is 45.3 Å². The summed E-state index contributed by atoms with van der Waals surface area (Å²) in [6.45, 7) is 4.93. The number of amides is 6. The molecule has 82 heavy (non-hydrogen) atoms. The summed E-state index contributed by atoms with van der Waals surface area (Å²) >= 11 is 3.93. The van der Waals surface area contributed by atoms with E-state index in [0.29, 0.717) is 15.7 Å². The van der Waals surface area contributed by atoms with Gasteiger partial charge in [0.15, 0.2) is 5.69 Å². The van der Waals surface area contributed by atoms with Gasteiger partial charge in [0, 0.05) is 69.6 Å². The molecule has 0 aliphatic heterocycles. The van der Waals surface area contributed by atoms with Crippen LogP contribution in [0.25, 0.3) is 49.3 Å². The van der Waals surface area contributed by atoms with Crippen LogP contribution < -0.4 is 38.1 Å². The number of primary amides is 2. The third-order valence-corrected chi connectivity index (χ3v) is 15.5. The van der Waals surface area contributed by atoms with Gasteiger partial charge in [0.25, 0.3) is 29.5 Å². The first-order valence-corrected chi connectivity index (χ1v) is 27.8. The summed E-state index contributed by atoms with van der Waals surface area (Å²) in [5, 5.41) is 63.7. The number of fused-ring (bicyclic) bond motifs is 1. The minimum Gasteiger partial charge on any atom is -0.506 e. The highest BCUT2D eigenvalue weighted by atomic mass is 32.2. The van der Waals surface area contributed by atoms with Gasteiger partial charge in [-0.3, -0.25) is 28.8 Å². The Kier molecular flexibility index (Phi) is 19.9. The molecule has 0 bridgehead atoms. The highest BCUT2D eigenvalue weighted by molar-refractivity contribution is 7.96. The van der Waals surface area contributed by atoms with Crippen molar-refractivity contribution in [2.24, 2.45) is 11.5 Å². The van der Waals surface area contributed by atoms with Crippen molar-refractivity contribution >= 4 is 115 Å². The highest BCUT2D eigenvalue weighted by Gasteiger charge is 2.32. The maximum atomic E-state index is 14.0. The summed E-state index contributed by atoms with van der Waals surface area (Å²) in [6.07, 6.45) is -1.50. The predicted molar refractivity (Wildman–Crippen MR) is 301 cm³/mol. The first-order chi connectivity index (χ1) is 39.1. The minimum absolute atomic E-state index is 0.00969. The number of likely N-dealkylation sites (N-methyl/N-ethyl adjacent to an activating group) is 1. The highest BCUT2D eigenvalue weighted by Crippen LogP contribution is 2.41. The first-order valence-electron chi connectivity index (χ1n) is 23.5. The Balaban J connectivity index is 1.27. The average molecular weight is 1220 g/mol. The molecule has 0 saturated heterocycles. The number of rotatable bonds is 25.